The predicted molar refractivity (Wildman–Crippen MR) is 60.7 cm³/mol. The highest BCUT2D eigenvalue weighted by Gasteiger charge is 2.16. The second-order valence-corrected chi connectivity index (χ2v) is 3.74. The third-order valence-corrected chi connectivity index (χ3v) is 1.84. The molecule has 0 rings (SSSR count). The molecule has 0 aliphatic heterocycles. The summed E-state index contributed by atoms with van der Waals surface area (Å²) in [5.41, 5.74) is 0. The van der Waals surface area contributed by atoms with E-state index in [9.17, 15) is 0 Å². The standard InChI is InChI=1S/C10H24N2O4/c1-6-14-9(11(2)3)8-15-10(7-13)16-12(4)5/h9-10,13H,6-8H2,1-5H3. The van der Waals surface area contributed by atoms with Gasteiger partial charge in [-0.15, -0.1) is 0 Å². The molecule has 0 aromatic heterocycles. The lowest BCUT2D eigenvalue weighted by molar-refractivity contribution is -0.281. The van der Waals surface area contributed by atoms with E-state index in [0.717, 1.165) is 0 Å². The summed E-state index contributed by atoms with van der Waals surface area (Å²) in [6.45, 7) is 2.70. The van der Waals surface area contributed by atoms with Gasteiger partial charge in [0.15, 0.2) is 0 Å². The molecule has 0 radical (unpaired) electrons. The number of ether oxygens (including phenoxy) is 2. The molecule has 16 heavy (non-hydrogen) atoms. The molecule has 0 aromatic carbocycles. The van der Waals surface area contributed by atoms with Crippen LogP contribution in [-0.4, -0.2) is 75.6 Å². The zero-order valence-corrected chi connectivity index (χ0v) is 10.8. The Kier molecular flexibility index (Phi) is 8.73. The van der Waals surface area contributed by atoms with Gasteiger partial charge in [-0.3, -0.25) is 9.74 Å². The fraction of sp³-hybridized carbons (Fsp3) is 1.00. The van der Waals surface area contributed by atoms with Crippen LogP contribution in [0.4, 0.5) is 0 Å². The second kappa shape index (κ2) is 8.86. The van der Waals surface area contributed by atoms with Gasteiger partial charge in [0, 0.05) is 20.7 Å². The predicted octanol–water partition coefficient (Wildman–Crippen LogP) is -0.261. The van der Waals surface area contributed by atoms with E-state index in [1.807, 2.05) is 25.9 Å². The van der Waals surface area contributed by atoms with E-state index in [1.54, 1.807) is 14.1 Å². The van der Waals surface area contributed by atoms with Crippen LogP contribution in [0.15, 0.2) is 0 Å². The van der Waals surface area contributed by atoms with Gasteiger partial charge in [-0.1, -0.05) is 0 Å². The highest BCUT2D eigenvalue weighted by Crippen LogP contribution is 2.02. The van der Waals surface area contributed by atoms with Crippen LogP contribution < -0.4 is 0 Å². The molecule has 0 saturated heterocycles. The molecule has 0 aliphatic carbocycles. The van der Waals surface area contributed by atoms with Crippen molar-refractivity contribution >= 4 is 0 Å². The highest BCUT2D eigenvalue weighted by molar-refractivity contribution is 4.53. The van der Waals surface area contributed by atoms with Gasteiger partial charge in [-0.25, -0.2) is 0 Å². The molecule has 6 nitrogen and oxygen atoms in total. The Labute approximate surface area is 97.6 Å². The molecule has 0 spiro atoms. The van der Waals surface area contributed by atoms with Gasteiger partial charge >= 0.3 is 0 Å². The van der Waals surface area contributed by atoms with Gasteiger partial charge in [0.1, 0.15) is 6.23 Å². The summed E-state index contributed by atoms with van der Waals surface area (Å²) >= 11 is 0. The highest BCUT2D eigenvalue weighted by atomic mass is 16.8. The molecule has 98 valence electrons. The Morgan fingerprint density at radius 2 is 1.75 bits per heavy atom. The first kappa shape index (κ1) is 15.8. The monoisotopic (exact) mass is 236 g/mol. The van der Waals surface area contributed by atoms with Crippen LogP contribution in [0.25, 0.3) is 0 Å². The molecule has 0 aliphatic rings. The smallest absolute Gasteiger partial charge is 0.200 e. The molecule has 0 saturated carbocycles. The topological polar surface area (TPSA) is 54.4 Å². The zero-order chi connectivity index (χ0) is 12.6. The van der Waals surface area contributed by atoms with Crippen molar-refractivity contribution in [1.29, 1.82) is 0 Å². The van der Waals surface area contributed by atoms with Crippen molar-refractivity contribution in [2.24, 2.45) is 0 Å². The van der Waals surface area contributed by atoms with Crippen molar-refractivity contribution in [3.8, 4) is 0 Å². The van der Waals surface area contributed by atoms with Gasteiger partial charge in [0.25, 0.3) is 0 Å². The normalized spacial score (nSPS) is 15.8. The Bertz CT molecular complexity index is 167. The van der Waals surface area contributed by atoms with Crippen LogP contribution in [0, 0.1) is 0 Å². The number of aliphatic hydroxyl groups excluding tert-OH is 1. The largest absolute Gasteiger partial charge is 0.391 e. The van der Waals surface area contributed by atoms with Crippen molar-refractivity contribution < 1.29 is 19.4 Å². The third kappa shape index (κ3) is 7.10. The third-order valence-electron chi connectivity index (χ3n) is 1.84. The number of hydrogen-bond acceptors (Lipinski definition) is 6. The van der Waals surface area contributed by atoms with Crippen LogP contribution >= 0.6 is 0 Å². The van der Waals surface area contributed by atoms with E-state index >= 15 is 0 Å². The van der Waals surface area contributed by atoms with E-state index in [2.05, 4.69) is 0 Å². The van der Waals surface area contributed by atoms with Crippen LogP contribution in [-0.2, 0) is 14.3 Å². The fourth-order valence-corrected chi connectivity index (χ4v) is 1.08. The molecule has 6 heteroatoms. The molecule has 0 aromatic rings. The lowest BCUT2D eigenvalue weighted by Crippen LogP contribution is -2.38. The summed E-state index contributed by atoms with van der Waals surface area (Å²) < 4.78 is 10.9. The molecular formula is C10H24N2O4. The van der Waals surface area contributed by atoms with E-state index in [0.29, 0.717) is 13.2 Å². The van der Waals surface area contributed by atoms with Gasteiger partial charge < -0.3 is 14.6 Å². The molecule has 2 atom stereocenters. The Morgan fingerprint density at radius 3 is 2.12 bits per heavy atom. The SMILES string of the molecule is CCOC(COC(CO)ON(C)C)N(C)C. The lowest BCUT2D eigenvalue weighted by atomic mass is 10.5. The first-order valence-corrected chi connectivity index (χ1v) is 5.35. The first-order chi connectivity index (χ1) is 7.51. The molecule has 0 amide bonds. The number of rotatable bonds is 9. The van der Waals surface area contributed by atoms with Crippen molar-refractivity contribution in [1.82, 2.24) is 9.96 Å². The minimum absolute atomic E-state index is 0.134. The summed E-state index contributed by atoms with van der Waals surface area (Å²) in [7, 11) is 7.28. The van der Waals surface area contributed by atoms with Crippen molar-refractivity contribution in [3.63, 3.8) is 0 Å². The van der Waals surface area contributed by atoms with E-state index in [-0.39, 0.29) is 12.8 Å². The Morgan fingerprint density at radius 1 is 1.12 bits per heavy atom. The number of nitrogens with zero attached hydrogens (tertiary/aromatic N) is 2. The number of hydrogen-bond donors (Lipinski definition) is 1. The molecule has 1 N–H and O–H groups in total. The van der Waals surface area contributed by atoms with Gasteiger partial charge in [0.05, 0.1) is 13.2 Å². The second-order valence-electron chi connectivity index (χ2n) is 3.74. The molecular weight excluding hydrogens is 212 g/mol. The van der Waals surface area contributed by atoms with Crippen LogP contribution in [0.2, 0.25) is 0 Å². The number of aliphatic hydroxyl groups is 1. The summed E-state index contributed by atoms with van der Waals surface area (Å²) in [6.07, 6.45) is -0.789. The van der Waals surface area contributed by atoms with Crippen LogP contribution in [0.5, 0.6) is 0 Å². The van der Waals surface area contributed by atoms with Gasteiger partial charge in [-0.05, 0) is 21.0 Å². The van der Waals surface area contributed by atoms with Crippen molar-refractivity contribution in [3.05, 3.63) is 0 Å². The average Bonchev–Trinajstić information content (AvgIpc) is 2.21. The minimum Gasteiger partial charge on any atom is -0.391 e. The minimum atomic E-state index is -0.655. The van der Waals surface area contributed by atoms with Gasteiger partial charge in [0.2, 0.25) is 6.29 Å². The maximum absolute atomic E-state index is 9.03. The van der Waals surface area contributed by atoms with Crippen molar-refractivity contribution in [2.75, 3.05) is 48.0 Å². The maximum Gasteiger partial charge on any atom is 0.200 e. The van der Waals surface area contributed by atoms with E-state index in [4.69, 9.17) is 19.4 Å². The van der Waals surface area contributed by atoms with Crippen molar-refractivity contribution in [2.45, 2.75) is 19.4 Å². The summed E-state index contributed by atoms with van der Waals surface area (Å²) in [6, 6.07) is 0. The van der Waals surface area contributed by atoms with Crippen LogP contribution in [0.3, 0.4) is 0 Å². The molecule has 2 unspecified atom stereocenters. The number of hydroxylamine groups is 2. The fourth-order valence-electron chi connectivity index (χ4n) is 1.08. The molecule has 0 heterocycles. The maximum atomic E-state index is 9.03. The number of likely N-dealkylation sites (N-methyl/N-ethyl adjacent to an activating group) is 1. The molecule has 0 fully saturated rings. The lowest BCUT2D eigenvalue weighted by Gasteiger charge is -2.26. The summed E-state index contributed by atoms with van der Waals surface area (Å²) in [5.74, 6) is 0. The van der Waals surface area contributed by atoms with Gasteiger partial charge in [-0.2, -0.15) is 5.06 Å². The quantitative estimate of drug-likeness (QED) is 0.440. The van der Waals surface area contributed by atoms with E-state index < -0.39 is 6.29 Å². The van der Waals surface area contributed by atoms with Crippen LogP contribution in [0.1, 0.15) is 6.92 Å². The Hall–Kier alpha value is -0.240. The summed E-state index contributed by atoms with van der Waals surface area (Å²) in [4.78, 5) is 7.11. The average molecular weight is 236 g/mol. The summed E-state index contributed by atoms with van der Waals surface area (Å²) in [5, 5.41) is 10.5. The van der Waals surface area contributed by atoms with E-state index in [1.165, 1.54) is 5.06 Å². The first-order valence-electron chi connectivity index (χ1n) is 5.35. The Balaban J connectivity index is 3.95. The molecule has 0 bridgehead atoms. The zero-order valence-electron chi connectivity index (χ0n) is 10.8.